The summed E-state index contributed by atoms with van der Waals surface area (Å²) >= 11 is 0. The van der Waals surface area contributed by atoms with E-state index >= 15 is 0 Å². The average Bonchev–Trinajstić information content (AvgIpc) is 2.35. The normalized spacial score (nSPS) is 14.9. The van der Waals surface area contributed by atoms with Crippen molar-refractivity contribution in [3.05, 3.63) is 0 Å². The van der Waals surface area contributed by atoms with Crippen molar-refractivity contribution in [2.24, 2.45) is 0 Å². The van der Waals surface area contributed by atoms with E-state index < -0.39 is 26.3 Å². The van der Waals surface area contributed by atoms with Crippen molar-refractivity contribution in [3.8, 4) is 11.5 Å². The molecular weight excluding hydrogens is 284 g/mol. The van der Waals surface area contributed by atoms with Crippen LogP contribution >= 0.6 is 0 Å². The predicted molar refractivity (Wildman–Crippen MR) is 87.5 cm³/mol. The summed E-state index contributed by atoms with van der Waals surface area (Å²) in [5, 5.41) is 19.7. The summed E-state index contributed by atoms with van der Waals surface area (Å²) in [6.07, 6.45) is 0. The third-order valence-electron chi connectivity index (χ3n) is 4.15. The number of hydrogen-bond acceptors (Lipinski definition) is 4. The molecule has 0 heterocycles. The fourth-order valence-electron chi connectivity index (χ4n) is 3.00. The molecule has 0 aromatic carbocycles. The van der Waals surface area contributed by atoms with Crippen LogP contribution in [0.1, 0.15) is 48.5 Å². The predicted octanol–water partition coefficient (Wildman–Crippen LogP) is 2.49. The van der Waals surface area contributed by atoms with Gasteiger partial charge in [-0.05, 0) is 16.6 Å². The molecule has 0 fully saturated rings. The molecule has 5 heteroatoms. The number of carbonyl (C=O) groups is 1. The third-order valence-corrected chi connectivity index (χ3v) is 10.4. The third kappa shape index (κ3) is 5.13. The molecule has 0 aromatic heterocycles. The zero-order valence-electron chi connectivity index (χ0n) is 14.4. The van der Waals surface area contributed by atoms with E-state index in [1.165, 1.54) is 6.92 Å². The minimum absolute atomic E-state index is 0.301. The molecule has 0 bridgehead atoms. The van der Waals surface area contributed by atoms with E-state index in [-0.39, 0.29) is 6.61 Å². The zero-order valence-corrected chi connectivity index (χ0v) is 15.4. The number of hydrogen-bond donors (Lipinski definition) is 2. The minimum Gasteiger partial charge on any atom is -0.462 e. The van der Waals surface area contributed by atoms with Crippen molar-refractivity contribution in [1.82, 2.24) is 0 Å². The summed E-state index contributed by atoms with van der Waals surface area (Å²) in [6.45, 7) is 13.4. The van der Waals surface area contributed by atoms with Crippen LogP contribution in [0.15, 0.2) is 0 Å². The quantitative estimate of drug-likeness (QED) is 0.449. The van der Waals surface area contributed by atoms with Gasteiger partial charge in [0, 0.05) is 6.92 Å². The van der Waals surface area contributed by atoms with Crippen LogP contribution in [0, 0.1) is 11.5 Å². The lowest BCUT2D eigenvalue weighted by molar-refractivity contribution is -0.147. The van der Waals surface area contributed by atoms with Gasteiger partial charge in [-0.15, -0.1) is 5.54 Å². The first-order chi connectivity index (χ1) is 9.51. The summed E-state index contributed by atoms with van der Waals surface area (Å²) in [5.74, 6) is 2.33. The number of aliphatic hydroxyl groups excluding tert-OH is 1. The van der Waals surface area contributed by atoms with Crippen LogP contribution in [-0.2, 0) is 9.53 Å². The molecule has 4 nitrogen and oxygen atoms in total. The minimum atomic E-state index is -1.98. The summed E-state index contributed by atoms with van der Waals surface area (Å²) in [6, 6.07) is 0. The molecule has 1 atom stereocenters. The van der Waals surface area contributed by atoms with Crippen molar-refractivity contribution in [2.45, 2.75) is 70.7 Å². The Hall–Kier alpha value is -0.833. The van der Waals surface area contributed by atoms with Crippen LogP contribution in [0.4, 0.5) is 0 Å². The van der Waals surface area contributed by atoms with Crippen molar-refractivity contribution in [3.63, 3.8) is 0 Å². The molecule has 0 saturated carbocycles. The fraction of sp³-hybridized carbons (Fsp3) is 0.812. The van der Waals surface area contributed by atoms with Gasteiger partial charge in [0.2, 0.25) is 0 Å². The number of carbonyl (C=O) groups excluding carboxylic acids is 1. The fourth-order valence-corrected chi connectivity index (χ4v) is 8.32. The van der Waals surface area contributed by atoms with E-state index in [1.807, 2.05) is 0 Å². The van der Waals surface area contributed by atoms with Gasteiger partial charge in [-0.25, -0.2) is 0 Å². The molecule has 21 heavy (non-hydrogen) atoms. The van der Waals surface area contributed by atoms with Crippen molar-refractivity contribution in [2.75, 3.05) is 13.2 Å². The standard InChI is InChI=1S/C16H30O4Si/c1-12(2)21(13(3)4,14(5)6)9-8-16(19,10-17)11-20-15(7)18/h12-14,17,19H,10-11H2,1-7H3. The molecule has 0 saturated heterocycles. The van der Waals surface area contributed by atoms with Gasteiger partial charge in [-0.2, -0.15) is 0 Å². The van der Waals surface area contributed by atoms with E-state index in [1.54, 1.807) is 0 Å². The van der Waals surface area contributed by atoms with Gasteiger partial charge >= 0.3 is 5.97 Å². The Morgan fingerprint density at radius 2 is 1.57 bits per heavy atom. The lowest BCUT2D eigenvalue weighted by Gasteiger charge is -2.38. The number of aliphatic hydroxyl groups is 2. The highest BCUT2D eigenvalue weighted by Gasteiger charge is 2.42. The Kier molecular flexibility index (Phi) is 7.66. The van der Waals surface area contributed by atoms with Crippen LogP contribution < -0.4 is 0 Å². The first-order valence-electron chi connectivity index (χ1n) is 7.52. The van der Waals surface area contributed by atoms with E-state index in [0.29, 0.717) is 16.6 Å². The lowest BCUT2D eigenvalue weighted by Crippen LogP contribution is -2.45. The first kappa shape index (κ1) is 20.2. The second-order valence-electron chi connectivity index (χ2n) is 6.62. The van der Waals surface area contributed by atoms with Crippen LogP contribution in [0.3, 0.4) is 0 Å². The van der Waals surface area contributed by atoms with Gasteiger partial charge in [-0.1, -0.05) is 47.5 Å². The molecule has 0 aliphatic heterocycles. The molecule has 2 N–H and O–H groups in total. The topological polar surface area (TPSA) is 66.8 Å². The average molecular weight is 314 g/mol. The summed E-state index contributed by atoms with van der Waals surface area (Å²) in [7, 11) is -1.98. The van der Waals surface area contributed by atoms with Crippen molar-refractivity contribution < 1.29 is 19.7 Å². The highest BCUT2D eigenvalue weighted by molar-refractivity contribution is 6.90. The highest BCUT2D eigenvalue weighted by Crippen LogP contribution is 2.40. The molecule has 0 aliphatic rings. The molecule has 122 valence electrons. The van der Waals surface area contributed by atoms with Crippen LogP contribution in [-0.4, -0.2) is 43.1 Å². The van der Waals surface area contributed by atoms with E-state index in [2.05, 4.69) is 53.0 Å². The molecule has 0 amide bonds. The number of esters is 1. The molecule has 0 radical (unpaired) electrons. The van der Waals surface area contributed by atoms with E-state index in [4.69, 9.17) is 4.74 Å². The van der Waals surface area contributed by atoms with Gasteiger partial charge in [-0.3, -0.25) is 4.79 Å². The van der Waals surface area contributed by atoms with Gasteiger partial charge in [0.1, 0.15) is 14.7 Å². The van der Waals surface area contributed by atoms with Gasteiger partial charge in [0.25, 0.3) is 0 Å². The Bertz CT molecular complexity index is 384. The van der Waals surface area contributed by atoms with E-state index in [0.717, 1.165) is 0 Å². The Morgan fingerprint density at radius 3 is 1.86 bits per heavy atom. The summed E-state index contributed by atoms with van der Waals surface area (Å²) in [4.78, 5) is 10.9. The van der Waals surface area contributed by atoms with Crippen LogP contribution in [0.5, 0.6) is 0 Å². The van der Waals surface area contributed by atoms with Gasteiger partial charge in [0.15, 0.2) is 5.60 Å². The molecular formula is C16H30O4Si. The summed E-state index contributed by atoms with van der Waals surface area (Å²) < 4.78 is 4.81. The molecule has 0 spiro atoms. The smallest absolute Gasteiger partial charge is 0.302 e. The second kappa shape index (κ2) is 7.97. The lowest BCUT2D eigenvalue weighted by atomic mass is 10.1. The SMILES string of the molecule is CC(=O)OCC(O)(C#C[Si](C(C)C)(C(C)C)C(C)C)CO. The Balaban J connectivity index is 5.56. The highest BCUT2D eigenvalue weighted by atomic mass is 28.3. The zero-order chi connectivity index (χ0) is 16.8. The Labute approximate surface area is 129 Å². The Morgan fingerprint density at radius 1 is 1.14 bits per heavy atom. The maximum Gasteiger partial charge on any atom is 0.302 e. The largest absolute Gasteiger partial charge is 0.462 e. The molecule has 0 aromatic rings. The van der Waals surface area contributed by atoms with E-state index in [9.17, 15) is 15.0 Å². The molecule has 0 rings (SSSR count). The van der Waals surface area contributed by atoms with Gasteiger partial charge < -0.3 is 14.9 Å². The second-order valence-corrected chi connectivity index (χ2v) is 12.2. The van der Waals surface area contributed by atoms with Crippen LogP contribution in [0.25, 0.3) is 0 Å². The summed E-state index contributed by atoms with van der Waals surface area (Å²) in [5.41, 5.74) is 2.95. The number of rotatable bonds is 6. The van der Waals surface area contributed by atoms with Crippen LogP contribution in [0.2, 0.25) is 16.6 Å². The first-order valence-corrected chi connectivity index (χ1v) is 9.76. The molecule has 1 unspecified atom stereocenters. The van der Waals surface area contributed by atoms with Gasteiger partial charge in [0.05, 0.1) is 6.61 Å². The maximum absolute atomic E-state index is 10.9. The number of ether oxygens (including phenoxy) is 1. The molecule has 0 aliphatic carbocycles. The van der Waals surface area contributed by atoms with Crippen molar-refractivity contribution in [1.29, 1.82) is 0 Å². The van der Waals surface area contributed by atoms with Crippen molar-refractivity contribution >= 4 is 14.0 Å². The maximum atomic E-state index is 10.9. The monoisotopic (exact) mass is 314 g/mol.